The Hall–Kier alpha value is -2.30. The van der Waals surface area contributed by atoms with Gasteiger partial charge in [-0.2, -0.15) is 0 Å². The van der Waals surface area contributed by atoms with Crippen LogP contribution in [-0.2, 0) is 9.59 Å². The standard InChI is InChI=1S/C12H11N2O3/c1-3-11(17)14(7-8-15)12-10(9(2)16)5-4-6-13-12/h3-6H,1,7H2,2H3. The molecule has 0 saturated carbocycles. The number of Topliss-reactive ketones (excluding diaryl/α,β-unsaturated/α-hetero) is 1. The second-order valence-electron chi connectivity index (χ2n) is 3.20. The highest BCUT2D eigenvalue weighted by Gasteiger charge is 2.19. The van der Waals surface area contributed by atoms with Crippen LogP contribution < -0.4 is 4.90 Å². The van der Waals surface area contributed by atoms with E-state index >= 15 is 0 Å². The molecule has 87 valence electrons. The third-order valence-corrected chi connectivity index (χ3v) is 2.08. The Kier molecular flexibility index (Phi) is 4.28. The lowest BCUT2D eigenvalue weighted by molar-refractivity contribution is -0.114. The highest BCUT2D eigenvalue weighted by atomic mass is 16.2. The summed E-state index contributed by atoms with van der Waals surface area (Å²) in [7, 11) is 0. The second kappa shape index (κ2) is 5.69. The zero-order valence-electron chi connectivity index (χ0n) is 9.34. The van der Waals surface area contributed by atoms with Gasteiger partial charge in [-0.1, -0.05) is 6.58 Å². The molecular weight excluding hydrogens is 220 g/mol. The number of hydrogen-bond acceptors (Lipinski definition) is 4. The number of pyridine rings is 1. The molecule has 0 aliphatic heterocycles. The third kappa shape index (κ3) is 2.84. The summed E-state index contributed by atoms with van der Waals surface area (Å²) in [6.45, 7) is 4.40. The molecule has 0 atom stereocenters. The molecule has 0 bridgehead atoms. The summed E-state index contributed by atoms with van der Waals surface area (Å²) in [4.78, 5) is 38.4. The fourth-order valence-corrected chi connectivity index (χ4v) is 1.32. The number of rotatable bonds is 5. The Morgan fingerprint density at radius 1 is 1.59 bits per heavy atom. The van der Waals surface area contributed by atoms with Crippen molar-refractivity contribution in [2.45, 2.75) is 6.92 Å². The van der Waals surface area contributed by atoms with Gasteiger partial charge < -0.3 is 0 Å². The van der Waals surface area contributed by atoms with Crippen LogP contribution in [0.4, 0.5) is 5.82 Å². The van der Waals surface area contributed by atoms with Gasteiger partial charge in [0, 0.05) is 6.20 Å². The van der Waals surface area contributed by atoms with Gasteiger partial charge in [-0.3, -0.25) is 19.3 Å². The summed E-state index contributed by atoms with van der Waals surface area (Å²) < 4.78 is 0. The summed E-state index contributed by atoms with van der Waals surface area (Å²) in [6.07, 6.45) is 4.10. The Balaban J connectivity index is 3.26. The third-order valence-electron chi connectivity index (χ3n) is 2.08. The van der Waals surface area contributed by atoms with E-state index in [9.17, 15) is 14.4 Å². The van der Waals surface area contributed by atoms with Crippen LogP contribution >= 0.6 is 0 Å². The lowest BCUT2D eigenvalue weighted by Crippen LogP contribution is -2.33. The minimum atomic E-state index is -0.505. The highest BCUT2D eigenvalue weighted by molar-refractivity contribution is 6.07. The quantitative estimate of drug-likeness (QED) is 0.558. The zero-order chi connectivity index (χ0) is 12.8. The maximum atomic E-state index is 11.6. The largest absolute Gasteiger partial charge is 0.294 e. The first-order chi connectivity index (χ1) is 8.11. The van der Waals surface area contributed by atoms with Crippen LogP contribution in [0.3, 0.4) is 0 Å². The van der Waals surface area contributed by atoms with E-state index in [1.54, 1.807) is 18.4 Å². The maximum absolute atomic E-state index is 11.6. The molecule has 0 aromatic carbocycles. The molecule has 17 heavy (non-hydrogen) atoms. The van der Waals surface area contributed by atoms with Gasteiger partial charge in [-0.15, -0.1) is 0 Å². The van der Waals surface area contributed by atoms with Crippen LogP contribution in [0, 0.1) is 0 Å². The molecule has 0 aliphatic carbocycles. The molecule has 5 nitrogen and oxygen atoms in total. The molecule has 0 saturated heterocycles. The van der Waals surface area contributed by atoms with E-state index in [1.807, 2.05) is 0 Å². The SMILES string of the molecule is C=CC(=O)N(C[C]=O)c1ncccc1C(C)=O. The van der Waals surface area contributed by atoms with Crippen molar-refractivity contribution < 1.29 is 14.4 Å². The number of nitrogens with zero attached hydrogens (tertiary/aromatic N) is 2. The molecule has 0 aliphatic rings. The lowest BCUT2D eigenvalue weighted by atomic mass is 10.1. The Morgan fingerprint density at radius 3 is 2.82 bits per heavy atom. The van der Waals surface area contributed by atoms with E-state index < -0.39 is 5.91 Å². The van der Waals surface area contributed by atoms with Crippen molar-refractivity contribution in [3.8, 4) is 0 Å². The second-order valence-corrected chi connectivity index (χ2v) is 3.20. The smallest absolute Gasteiger partial charge is 0.251 e. The first kappa shape index (κ1) is 12.8. The van der Waals surface area contributed by atoms with Gasteiger partial charge in [0.15, 0.2) is 5.78 Å². The van der Waals surface area contributed by atoms with Crippen LogP contribution in [0.15, 0.2) is 31.0 Å². The van der Waals surface area contributed by atoms with E-state index in [0.717, 1.165) is 11.0 Å². The predicted octanol–water partition coefficient (Wildman–Crippen LogP) is 0.913. The summed E-state index contributed by atoms with van der Waals surface area (Å²) in [5.41, 5.74) is 0.276. The van der Waals surface area contributed by atoms with E-state index in [0.29, 0.717) is 0 Å². The van der Waals surface area contributed by atoms with E-state index in [2.05, 4.69) is 11.6 Å². The molecule has 1 rings (SSSR count). The van der Waals surface area contributed by atoms with Crippen molar-refractivity contribution in [3.63, 3.8) is 0 Å². The van der Waals surface area contributed by atoms with E-state index in [-0.39, 0.29) is 23.7 Å². The average Bonchev–Trinajstić information content (AvgIpc) is 2.35. The Labute approximate surface area is 98.8 Å². The van der Waals surface area contributed by atoms with Crippen LogP contribution in [-0.4, -0.2) is 29.5 Å². The van der Waals surface area contributed by atoms with Gasteiger partial charge in [0.05, 0.1) is 12.1 Å². The lowest BCUT2D eigenvalue weighted by Gasteiger charge is -2.18. The van der Waals surface area contributed by atoms with Crippen LogP contribution in [0.25, 0.3) is 0 Å². The van der Waals surface area contributed by atoms with E-state index in [1.165, 1.54) is 13.1 Å². The first-order valence-electron chi connectivity index (χ1n) is 4.86. The highest BCUT2D eigenvalue weighted by Crippen LogP contribution is 2.17. The molecule has 1 aromatic heterocycles. The number of hydrogen-bond donors (Lipinski definition) is 0. The number of aromatic nitrogens is 1. The van der Waals surface area contributed by atoms with Gasteiger partial charge in [0.25, 0.3) is 5.91 Å². The molecular formula is C12H11N2O3. The average molecular weight is 231 g/mol. The summed E-state index contributed by atoms with van der Waals surface area (Å²) in [5.74, 6) is -0.594. The number of ketones is 1. The molecule has 1 heterocycles. The number of anilines is 1. The number of carbonyl (C=O) groups excluding carboxylic acids is 3. The maximum Gasteiger partial charge on any atom is 0.251 e. The minimum Gasteiger partial charge on any atom is -0.294 e. The summed E-state index contributed by atoms with van der Waals surface area (Å²) in [6, 6.07) is 3.13. The van der Waals surface area contributed by atoms with Gasteiger partial charge in [0.1, 0.15) is 5.82 Å². The molecule has 0 fully saturated rings. The molecule has 1 aromatic rings. The summed E-state index contributed by atoms with van der Waals surface area (Å²) >= 11 is 0. The van der Waals surface area contributed by atoms with Gasteiger partial charge in [-0.25, -0.2) is 4.98 Å². The van der Waals surface area contributed by atoms with Crippen LogP contribution in [0.2, 0.25) is 0 Å². The molecule has 5 heteroatoms. The monoisotopic (exact) mass is 231 g/mol. The molecule has 0 unspecified atom stereocenters. The zero-order valence-corrected chi connectivity index (χ0v) is 9.34. The fraction of sp³-hybridized carbons (Fsp3) is 0.167. The van der Waals surface area contributed by atoms with Gasteiger partial charge in [0.2, 0.25) is 6.29 Å². The van der Waals surface area contributed by atoms with Crippen LogP contribution in [0.5, 0.6) is 0 Å². The molecule has 1 radical (unpaired) electrons. The van der Waals surface area contributed by atoms with Crippen molar-refractivity contribution in [2.75, 3.05) is 11.4 Å². The van der Waals surface area contributed by atoms with Gasteiger partial charge in [-0.05, 0) is 25.1 Å². The fourth-order valence-electron chi connectivity index (χ4n) is 1.32. The Morgan fingerprint density at radius 2 is 2.29 bits per heavy atom. The normalized spacial score (nSPS) is 9.47. The summed E-state index contributed by atoms with van der Waals surface area (Å²) in [5, 5.41) is 0. The van der Waals surface area contributed by atoms with Crippen molar-refractivity contribution in [1.29, 1.82) is 0 Å². The molecule has 0 N–H and O–H groups in total. The molecule has 1 amide bonds. The first-order valence-corrected chi connectivity index (χ1v) is 4.86. The Bertz CT molecular complexity index is 469. The van der Waals surface area contributed by atoms with Crippen molar-refractivity contribution >= 4 is 23.8 Å². The number of amides is 1. The van der Waals surface area contributed by atoms with Crippen LogP contribution in [0.1, 0.15) is 17.3 Å². The van der Waals surface area contributed by atoms with Gasteiger partial charge >= 0.3 is 0 Å². The predicted molar refractivity (Wildman–Crippen MR) is 62.5 cm³/mol. The van der Waals surface area contributed by atoms with E-state index in [4.69, 9.17) is 0 Å². The van der Waals surface area contributed by atoms with Crippen molar-refractivity contribution in [2.24, 2.45) is 0 Å². The topological polar surface area (TPSA) is 67.3 Å². The number of carbonyl (C=O) groups is 2. The van der Waals surface area contributed by atoms with Crippen molar-refractivity contribution in [3.05, 3.63) is 36.5 Å². The minimum absolute atomic E-state index is 0.147. The van der Waals surface area contributed by atoms with Crippen molar-refractivity contribution in [1.82, 2.24) is 4.98 Å². The molecule has 0 spiro atoms.